The number of carbonyl (C=O) groups is 4. The van der Waals surface area contributed by atoms with E-state index in [1.54, 1.807) is 0 Å². The largest absolute Gasteiger partial charge is 0.394 e. The lowest BCUT2D eigenvalue weighted by Crippen LogP contribution is -2.72. The molecule has 0 saturated carbocycles. The highest BCUT2D eigenvalue weighted by atomic mass is 16.8. The number of aliphatic hydroxyl groups excluding tert-OH is 11. The van der Waals surface area contributed by atoms with Gasteiger partial charge in [-0.2, -0.15) is 0 Å². The number of nitrogens with one attached hydrogen (secondary N) is 4. The molecule has 0 aromatic heterocycles. The van der Waals surface area contributed by atoms with Gasteiger partial charge in [-0.05, 0) is 0 Å². The highest BCUT2D eigenvalue weighted by Gasteiger charge is 2.56. The Kier molecular flexibility index (Phi) is 18.7. The van der Waals surface area contributed by atoms with Gasteiger partial charge in [0, 0.05) is 27.7 Å². The molecule has 3 aliphatic heterocycles. The van der Waals surface area contributed by atoms with Crippen LogP contribution in [0, 0.1) is 0 Å². The number of carbonyl (C=O) groups excluding carboxylic acids is 4. The molecule has 25 heteroatoms. The minimum atomic E-state index is -2.09. The minimum Gasteiger partial charge on any atom is -0.394 e. The summed E-state index contributed by atoms with van der Waals surface area (Å²) in [6.45, 7) is -0.575. The van der Waals surface area contributed by atoms with Crippen molar-refractivity contribution in [1.82, 2.24) is 21.3 Å². The molecule has 3 fully saturated rings. The fraction of sp³-hybridized carbons (Fsp3) is 0.875. The molecule has 0 aliphatic carbocycles. The average Bonchev–Trinajstić information content (AvgIpc) is 3.15. The van der Waals surface area contributed by atoms with Crippen LogP contribution in [-0.2, 0) is 47.6 Å². The summed E-state index contributed by atoms with van der Waals surface area (Å²) in [5.41, 5.74) is 0. The van der Waals surface area contributed by atoms with Crippen LogP contribution in [0.1, 0.15) is 27.7 Å². The molecule has 330 valence electrons. The van der Waals surface area contributed by atoms with E-state index in [1.165, 1.54) is 0 Å². The lowest BCUT2D eigenvalue weighted by atomic mass is 9.93. The van der Waals surface area contributed by atoms with Crippen LogP contribution in [-0.4, -0.2) is 229 Å². The molecule has 0 spiro atoms. The first-order valence-electron chi connectivity index (χ1n) is 18.0. The van der Waals surface area contributed by atoms with Gasteiger partial charge in [0.25, 0.3) is 0 Å². The van der Waals surface area contributed by atoms with Crippen LogP contribution in [0.4, 0.5) is 0 Å². The summed E-state index contributed by atoms with van der Waals surface area (Å²) in [5.74, 6) is -3.09. The second-order valence-electron chi connectivity index (χ2n) is 13.8. The van der Waals surface area contributed by atoms with Crippen molar-refractivity contribution in [2.75, 3.05) is 33.0 Å². The van der Waals surface area contributed by atoms with E-state index >= 15 is 0 Å². The van der Waals surface area contributed by atoms with Crippen LogP contribution in [0.15, 0.2) is 0 Å². The highest BCUT2D eigenvalue weighted by molar-refractivity contribution is 5.74. The molecule has 4 amide bonds. The molecule has 25 nitrogen and oxygen atoms in total. The van der Waals surface area contributed by atoms with Gasteiger partial charge in [-0.3, -0.25) is 19.2 Å². The number of ether oxygens (including phenoxy) is 6. The lowest BCUT2D eigenvalue weighted by molar-refractivity contribution is -0.364. The molecular formula is C32H56N4O21. The molecule has 3 unspecified atom stereocenters. The Morgan fingerprint density at radius 3 is 1.37 bits per heavy atom. The van der Waals surface area contributed by atoms with Gasteiger partial charge in [0.15, 0.2) is 18.9 Å². The van der Waals surface area contributed by atoms with Gasteiger partial charge in [-0.25, -0.2) is 0 Å². The Bertz CT molecular complexity index is 1320. The molecule has 0 aromatic carbocycles. The Hall–Kier alpha value is -2.80. The van der Waals surface area contributed by atoms with Crippen molar-refractivity contribution in [2.45, 2.75) is 144 Å². The smallest absolute Gasteiger partial charge is 0.217 e. The van der Waals surface area contributed by atoms with Crippen molar-refractivity contribution in [1.29, 1.82) is 0 Å². The summed E-state index contributed by atoms with van der Waals surface area (Å²) in [7, 11) is 0. The maximum atomic E-state index is 12.8. The minimum absolute atomic E-state index is 0.744. The number of aliphatic hydroxyl groups is 11. The summed E-state index contributed by atoms with van der Waals surface area (Å²) in [4.78, 5) is 49.4. The number of rotatable bonds is 18. The van der Waals surface area contributed by atoms with Crippen LogP contribution in [0.2, 0.25) is 0 Å². The van der Waals surface area contributed by atoms with Gasteiger partial charge in [-0.1, -0.05) is 0 Å². The Morgan fingerprint density at radius 2 is 0.982 bits per heavy atom. The van der Waals surface area contributed by atoms with Crippen molar-refractivity contribution in [3.8, 4) is 0 Å². The fourth-order valence-corrected chi connectivity index (χ4v) is 6.75. The van der Waals surface area contributed by atoms with E-state index in [0.29, 0.717) is 0 Å². The molecule has 0 radical (unpaired) electrons. The van der Waals surface area contributed by atoms with Crippen LogP contribution in [0.5, 0.6) is 0 Å². The first-order chi connectivity index (χ1) is 26.8. The zero-order valence-electron chi connectivity index (χ0n) is 31.5. The number of hydrogen-bond donors (Lipinski definition) is 15. The number of amides is 4. The Balaban J connectivity index is 2.25. The Labute approximate surface area is 325 Å². The first kappa shape index (κ1) is 48.6. The first-order valence-corrected chi connectivity index (χ1v) is 18.0. The van der Waals surface area contributed by atoms with Gasteiger partial charge in [0.1, 0.15) is 91.4 Å². The van der Waals surface area contributed by atoms with E-state index in [-0.39, 0.29) is 0 Å². The van der Waals surface area contributed by atoms with Crippen molar-refractivity contribution in [2.24, 2.45) is 0 Å². The molecule has 0 bridgehead atoms. The van der Waals surface area contributed by atoms with Crippen LogP contribution < -0.4 is 21.3 Å². The van der Waals surface area contributed by atoms with Gasteiger partial charge >= 0.3 is 0 Å². The van der Waals surface area contributed by atoms with Gasteiger partial charge in [0.2, 0.25) is 23.6 Å². The van der Waals surface area contributed by atoms with Crippen molar-refractivity contribution >= 4 is 23.6 Å². The zero-order chi connectivity index (χ0) is 42.9. The summed E-state index contributed by atoms with van der Waals surface area (Å²) >= 11 is 0. The van der Waals surface area contributed by atoms with Gasteiger partial charge < -0.3 is 106 Å². The molecule has 19 atom stereocenters. The van der Waals surface area contributed by atoms with Crippen molar-refractivity contribution < 1.29 is 104 Å². The molecule has 3 saturated heterocycles. The SMILES string of the molecule is CC(=O)N[C@@H](CO)[C@@H](OC1O[C@H](CO)[C@@H](OC2O[C@H](CO)[C@H](O)[C@H](O)[C@H]2NC(C)=O)[C@H](OC2O[C@H](CO)[C@H](O)[C@H](O)[C@H]2NC(C)=O)[C@H]1NC(C)=O)[C@@H](O)[C@H](O)CO. The predicted molar refractivity (Wildman–Crippen MR) is 182 cm³/mol. The van der Waals surface area contributed by atoms with E-state index < -0.39 is 173 Å². The average molecular weight is 833 g/mol. The lowest BCUT2D eigenvalue weighted by Gasteiger charge is -2.51. The fourth-order valence-electron chi connectivity index (χ4n) is 6.75. The molecule has 15 N–H and O–H groups in total. The molecule has 0 aromatic rings. The summed E-state index contributed by atoms with van der Waals surface area (Å²) in [5, 5.41) is 125. The quantitative estimate of drug-likeness (QED) is 0.0609. The predicted octanol–water partition coefficient (Wildman–Crippen LogP) is -9.54. The highest BCUT2D eigenvalue weighted by Crippen LogP contribution is 2.35. The molecular weight excluding hydrogens is 776 g/mol. The van der Waals surface area contributed by atoms with E-state index in [1.807, 2.05) is 0 Å². The molecule has 3 rings (SSSR count). The topological polar surface area (TPSA) is 394 Å². The molecule has 57 heavy (non-hydrogen) atoms. The molecule has 3 aliphatic rings. The zero-order valence-corrected chi connectivity index (χ0v) is 31.5. The normalized spacial score (nSPS) is 37.9. The van der Waals surface area contributed by atoms with E-state index in [9.17, 15) is 75.3 Å². The van der Waals surface area contributed by atoms with Gasteiger partial charge in [0.05, 0.1) is 39.1 Å². The summed E-state index contributed by atoms with van der Waals surface area (Å²) in [6.07, 6.45) is -27.3. The Morgan fingerprint density at radius 1 is 0.561 bits per heavy atom. The van der Waals surface area contributed by atoms with E-state index in [0.717, 1.165) is 27.7 Å². The second-order valence-corrected chi connectivity index (χ2v) is 13.8. The summed E-state index contributed by atoms with van der Waals surface area (Å²) < 4.78 is 36.0. The van der Waals surface area contributed by atoms with Crippen LogP contribution >= 0.6 is 0 Å². The van der Waals surface area contributed by atoms with Crippen molar-refractivity contribution in [3.05, 3.63) is 0 Å². The van der Waals surface area contributed by atoms with Crippen LogP contribution in [0.25, 0.3) is 0 Å². The third kappa shape index (κ3) is 12.1. The monoisotopic (exact) mass is 832 g/mol. The van der Waals surface area contributed by atoms with Crippen LogP contribution in [0.3, 0.4) is 0 Å². The van der Waals surface area contributed by atoms with Crippen molar-refractivity contribution in [3.63, 3.8) is 0 Å². The maximum Gasteiger partial charge on any atom is 0.217 e. The summed E-state index contributed by atoms with van der Waals surface area (Å²) in [6, 6.07) is -6.51. The maximum absolute atomic E-state index is 12.8. The van der Waals surface area contributed by atoms with E-state index in [2.05, 4.69) is 21.3 Å². The standard InChI is InChI=1S/C32H56N4O21/c1-10(42)33-14(5-37)27(22(47)15(46)6-38)55-32-21(36-13(4)45)29(57-31-20(35-12(3)44)26(51)24(49)17(8-40)53-31)28(18(9-41)54-32)56-30-19(34-11(2)43)25(50)23(48)16(7-39)52-30/h14-32,37-41,46-51H,5-9H2,1-4H3,(H,33,42)(H,34,43)(H,35,44)(H,36,45)/t14-,15+,16+,17+,18+,19+,20+,21+,22-,23-,24-,25+,26+,27+,28+,29+,30?,31?,32?/m0/s1. The van der Waals surface area contributed by atoms with E-state index in [4.69, 9.17) is 28.4 Å². The second kappa shape index (κ2) is 22.0. The van der Waals surface area contributed by atoms with Gasteiger partial charge in [-0.15, -0.1) is 0 Å². The third-order valence-corrected chi connectivity index (χ3v) is 9.47. The number of hydrogen-bond acceptors (Lipinski definition) is 21. The molecule has 3 heterocycles. The third-order valence-electron chi connectivity index (χ3n) is 9.47.